The van der Waals surface area contributed by atoms with Crippen LogP contribution in [0, 0.1) is 11.8 Å². The molecule has 18 heavy (non-hydrogen) atoms. The predicted molar refractivity (Wildman–Crippen MR) is 65.4 cm³/mol. The largest absolute Gasteiger partial charge is 0.401 e. The van der Waals surface area contributed by atoms with E-state index in [1.165, 1.54) is 6.42 Å². The number of halogens is 3. The standard InChI is InChI=1S/C13H24F3NO/c1-9-4-10(2)6-12(5-9)18-11(3)7-17-8-13(14,15)16/h9-12,17H,4-8H2,1-3H3. The molecule has 3 atom stereocenters. The van der Waals surface area contributed by atoms with Crippen molar-refractivity contribution in [2.24, 2.45) is 11.8 Å². The van der Waals surface area contributed by atoms with Gasteiger partial charge in [-0.15, -0.1) is 0 Å². The Morgan fingerprint density at radius 1 is 1.17 bits per heavy atom. The van der Waals surface area contributed by atoms with E-state index in [1.807, 2.05) is 6.92 Å². The van der Waals surface area contributed by atoms with Crippen molar-refractivity contribution in [2.45, 2.75) is 58.4 Å². The summed E-state index contributed by atoms with van der Waals surface area (Å²) in [5.41, 5.74) is 0. The second-order valence-corrected chi connectivity index (χ2v) is 5.73. The molecule has 0 bridgehead atoms. The summed E-state index contributed by atoms with van der Waals surface area (Å²) in [5.74, 6) is 1.29. The Kier molecular flexibility index (Phi) is 5.92. The summed E-state index contributed by atoms with van der Waals surface area (Å²) in [7, 11) is 0. The molecule has 1 rings (SSSR count). The fourth-order valence-electron chi connectivity index (χ4n) is 2.78. The van der Waals surface area contributed by atoms with Crippen molar-refractivity contribution < 1.29 is 17.9 Å². The molecule has 0 aliphatic heterocycles. The van der Waals surface area contributed by atoms with Gasteiger partial charge in [0.25, 0.3) is 0 Å². The maximum absolute atomic E-state index is 12.0. The monoisotopic (exact) mass is 267 g/mol. The average molecular weight is 267 g/mol. The smallest absolute Gasteiger partial charge is 0.374 e. The molecule has 3 unspecified atom stereocenters. The second kappa shape index (κ2) is 6.75. The van der Waals surface area contributed by atoms with Crippen LogP contribution in [0.5, 0.6) is 0 Å². The third-order valence-electron chi connectivity index (χ3n) is 3.32. The van der Waals surface area contributed by atoms with Crippen LogP contribution in [0.2, 0.25) is 0 Å². The molecule has 1 aliphatic carbocycles. The molecule has 0 saturated heterocycles. The molecule has 0 aromatic heterocycles. The second-order valence-electron chi connectivity index (χ2n) is 5.73. The Labute approximate surface area is 107 Å². The third-order valence-corrected chi connectivity index (χ3v) is 3.32. The first-order valence-corrected chi connectivity index (χ1v) is 6.69. The van der Waals surface area contributed by atoms with E-state index >= 15 is 0 Å². The van der Waals surface area contributed by atoms with Crippen molar-refractivity contribution in [3.8, 4) is 0 Å². The number of ether oxygens (including phenoxy) is 1. The molecule has 0 spiro atoms. The van der Waals surface area contributed by atoms with E-state index in [1.54, 1.807) is 0 Å². The van der Waals surface area contributed by atoms with Crippen molar-refractivity contribution >= 4 is 0 Å². The van der Waals surface area contributed by atoms with Crippen LogP contribution in [-0.2, 0) is 4.74 Å². The summed E-state index contributed by atoms with van der Waals surface area (Å²) in [5, 5.41) is 2.39. The lowest BCUT2D eigenvalue weighted by atomic mass is 9.82. The molecule has 2 nitrogen and oxygen atoms in total. The lowest BCUT2D eigenvalue weighted by molar-refractivity contribution is -0.126. The van der Waals surface area contributed by atoms with Crippen LogP contribution in [0.1, 0.15) is 40.0 Å². The fourth-order valence-corrected chi connectivity index (χ4v) is 2.78. The van der Waals surface area contributed by atoms with Crippen LogP contribution in [0.25, 0.3) is 0 Å². The van der Waals surface area contributed by atoms with E-state index in [4.69, 9.17) is 4.74 Å². The molecular formula is C13H24F3NO. The van der Waals surface area contributed by atoms with Crippen LogP contribution >= 0.6 is 0 Å². The fraction of sp³-hybridized carbons (Fsp3) is 1.00. The summed E-state index contributed by atoms with van der Waals surface area (Å²) in [6.45, 7) is 5.54. The minimum Gasteiger partial charge on any atom is -0.374 e. The van der Waals surface area contributed by atoms with Gasteiger partial charge < -0.3 is 10.1 Å². The van der Waals surface area contributed by atoms with Gasteiger partial charge in [0.15, 0.2) is 0 Å². The molecule has 0 heterocycles. The zero-order valence-corrected chi connectivity index (χ0v) is 11.4. The van der Waals surface area contributed by atoms with E-state index in [-0.39, 0.29) is 18.8 Å². The molecule has 0 radical (unpaired) electrons. The highest BCUT2D eigenvalue weighted by molar-refractivity contribution is 4.76. The summed E-state index contributed by atoms with van der Waals surface area (Å²) >= 11 is 0. The maximum Gasteiger partial charge on any atom is 0.401 e. The molecule has 1 N–H and O–H groups in total. The zero-order valence-electron chi connectivity index (χ0n) is 11.4. The molecule has 0 amide bonds. The highest BCUT2D eigenvalue weighted by Gasteiger charge is 2.28. The molecule has 1 fully saturated rings. The number of alkyl halides is 3. The highest BCUT2D eigenvalue weighted by atomic mass is 19.4. The van der Waals surface area contributed by atoms with Crippen LogP contribution in [-0.4, -0.2) is 31.5 Å². The molecule has 0 aromatic carbocycles. The minimum absolute atomic E-state index is 0.171. The van der Waals surface area contributed by atoms with Crippen LogP contribution in [0.3, 0.4) is 0 Å². The molecule has 1 saturated carbocycles. The Bertz CT molecular complexity index is 235. The first-order valence-electron chi connectivity index (χ1n) is 6.69. The van der Waals surface area contributed by atoms with Crippen molar-refractivity contribution in [3.63, 3.8) is 0 Å². The van der Waals surface area contributed by atoms with E-state index in [9.17, 15) is 13.2 Å². The van der Waals surface area contributed by atoms with Gasteiger partial charge in [0.2, 0.25) is 0 Å². The van der Waals surface area contributed by atoms with Crippen LogP contribution in [0.4, 0.5) is 13.2 Å². The van der Waals surface area contributed by atoms with Gasteiger partial charge in [-0.3, -0.25) is 0 Å². The zero-order chi connectivity index (χ0) is 13.8. The Morgan fingerprint density at radius 2 is 1.72 bits per heavy atom. The van der Waals surface area contributed by atoms with Gasteiger partial charge in [0, 0.05) is 6.54 Å². The summed E-state index contributed by atoms with van der Waals surface area (Å²) in [4.78, 5) is 0. The van der Waals surface area contributed by atoms with E-state index in [0.29, 0.717) is 11.8 Å². The molecule has 108 valence electrons. The van der Waals surface area contributed by atoms with Crippen molar-refractivity contribution in [1.29, 1.82) is 0 Å². The summed E-state index contributed by atoms with van der Waals surface area (Å²) in [6, 6.07) is 0. The third kappa shape index (κ3) is 6.59. The summed E-state index contributed by atoms with van der Waals surface area (Å²) < 4.78 is 41.7. The first kappa shape index (κ1) is 15.8. The van der Waals surface area contributed by atoms with Crippen molar-refractivity contribution in [3.05, 3.63) is 0 Å². The summed E-state index contributed by atoms with van der Waals surface area (Å²) in [6.07, 6.45) is -0.850. The molecule has 1 aliphatic rings. The van der Waals surface area contributed by atoms with Crippen LogP contribution < -0.4 is 5.32 Å². The normalized spacial score (nSPS) is 31.3. The highest BCUT2D eigenvalue weighted by Crippen LogP contribution is 2.30. The molecule has 0 aromatic rings. The average Bonchev–Trinajstić information content (AvgIpc) is 2.12. The number of hydrogen-bond acceptors (Lipinski definition) is 2. The minimum atomic E-state index is -4.15. The van der Waals surface area contributed by atoms with Gasteiger partial charge >= 0.3 is 6.18 Å². The Hall–Kier alpha value is -0.290. The van der Waals surface area contributed by atoms with Crippen LogP contribution in [0.15, 0.2) is 0 Å². The predicted octanol–water partition coefficient (Wildman–Crippen LogP) is 3.37. The van der Waals surface area contributed by atoms with Crippen molar-refractivity contribution in [2.75, 3.05) is 13.1 Å². The Morgan fingerprint density at radius 3 is 2.22 bits per heavy atom. The van der Waals surface area contributed by atoms with E-state index in [2.05, 4.69) is 19.2 Å². The van der Waals surface area contributed by atoms with Gasteiger partial charge in [-0.1, -0.05) is 13.8 Å². The quantitative estimate of drug-likeness (QED) is 0.824. The lowest BCUT2D eigenvalue weighted by Crippen LogP contribution is -2.37. The van der Waals surface area contributed by atoms with E-state index in [0.717, 1.165) is 12.8 Å². The van der Waals surface area contributed by atoms with Gasteiger partial charge in [-0.05, 0) is 38.0 Å². The Balaban J connectivity index is 2.21. The van der Waals surface area contributed by atoms with Gasteiger partial charge in [0.1, 0.15) is 0 Å². The molecule has 5 heteroatoms. The number of nitrogens with one attached hydrogen (secondary N) is 1. The van der Waals surface area contributed by atoms with E-state index < -0.39 is 12.7 Å². The number of hydrogen-bond donors (Lipinski definition) is 1. The van der Waals surface area contributed by atoms with Gasteiger partial charge in [-0.25, -0.2) is 0 Å². The molecular weight excluding hydrogens is 243 g/mol. The maximum atomic E-state index is 12.0. The SMILES string of the molecule is CC1CC(C)CC(OC(C)CNCC(F)(F)F)C1. The lowest BCUT2D eigenvalue weighted by Gasteiger charge is -2.33. The van der Waals surface area contributed by atoms with Crippen molar-refractivity contribution in [1.82, 2.24) is 5.32 Å². The first-order chi connectivity index (χ1) is 8.26. The van der Waals surface area contributed by atoms with Gasteiger partial charge in [0.05, 0.1) is 18.8 Å². The van der Waals surface area contributed by atoms with Gasteiger partial charge in [-0.2, -0.15) is 13.2 Å². The number of rotatable bonds is 5. The topological polar surface area (TPSA) is 21.3 Å².